The van der Waals surface area contributed by atoms with Gasteiger partial charge in [-0.1, -0.05) is 12.1 Å². The number of hydrogen-bond acceptors (Lipinski definition) is 5. The van der Waals surface area contributed by atoms with Crippen molar-refractivity contribution in [2.45, 2.75) is 25.2 Å². The smallest absolute Gasteiger partial charge is 0.534 e. The number of benzene rings is 1. The molecule has 1 aliphatic rings. The summed E-state index contributed by atoms with van der Waals surface area (Å²) in [6, 6.07) is 4.60. The molecule has 116 valence electrons. The second kappa shape index (κ2) is 6.48. The highest BCUT2D eigenvalue weighted by Crippen LogP contribution is 2.30. The van der Waals surface area contributed by atoms with E-state index in [9.17, 15) is 19.4 Å². The van der Waals surface area contributed by atoms with Crippen molar-refractivity contribution in [2.24, 2.45) is 5.73 Å². The van der Waals surface area contributed by atoms with Crippen molar-refractivity contribution in [2.75, 3.05) is 0 Å². The molecule has 1 aromatic carbocycles. The van der Waals surface area contributed by atoms with Crippen molar-refractivity contribution in [3.63, 3.8) is 0 Å². The van der Waals surface area contributed by atoms with Crippen LogP contribution in [0.1, 0.15) is 28.8 Å². The van der Waals surface area contributed by atoms with Gasteiger partial charge >= 0.3 is 13.1 Å². The number of carbonyl (C=O) groups is 3. The lowest BCUT2D eigenvalue weighted by Crippen LogP contribution is -2.53. The molecule has 1 aliphatic heterocycles. The summed E-state index contributed by atoms with van der Waals surface area (Å²) in [5, 5.41) is 21.6. The van der Waals surface area contributed by atoms with Gasteiger partial charge in [0.15, 0.2) is 0 Å². The van der Waals surface area contributed by atoms with Crippen LogP contribution in [0.15, 0.2) is 18.2 Å². The Morgan fingerprint density at radius 1 is 1.36 bits per heavy atom. The van der Waals surface area contributed by atoms with Crippen LogP contribution in [-0.4, -0.2) is 41.0 Å². The Kier molecular flexibility index (Phi) is 4.67. The molecule has 9 heteroatoms. The summed E-state index contributed by atoms with van der Waals surface area (Å²) in [5.74, 6) is -2.81. The molecule has 0 unspecified atom stereocenters. The largest absolute Gasteiger partial charge is 0.547 e. The van der Waals surface area contributed by atoms with Crippen molar-refractivity contribution in [1.82, 2.24) is 5.32 Å². The molecule has 0 bridgehead atoms. The molecule has 8 nitrogen and oxygen atoms in total. The fraction of sp³-hybridized carbons (Fsp3) is 0.308. The minimum Gasteiger partial charge on any atom is -0.534 e. The Bertz CT molecular complexity index is 621. The molecule has 0 aromatic heterocycles. The van der Waals surface area contributed by atoms with Gasteiger partial charge in [-0.15, -0.1) is 0 Å². The summed E-state index contributed by atoms with van der Waals surface area (Å²) < 4.78 is 5.23. The molecule has 0 saturated heterocycles. The number of aromatic carboxylic acids is 1. The van der Waals surface area contributed by atoms with E-state index in [2.05, 4.69) is 5.32 Å². The zero-order valence-electron chi connectivity index (χ0n) is 11.6. The number of fused-ring (bicyclic) bond motifs is 1. The number of nitrogens with two attached hydrogens (primary N) is 1. The molecule has 22 heavy (non-hydrogen) atoms. The van der Waals surface area contributed by atoms with Crippen LogP contribution in [0, 0.1) is 0 Å². The van der Waals surface area contributed by atoms with Crippen LogP contribution in [0.25, 0.3) is 0 Å². The lowest BCUT2D eigenvalue weighted by Gasteiger charge is -2.28. The van der Waals surface area contributed by atoms with Crippen molar-refractivity contribution in [3.05, 3.63) is 29.3 Å². The van der Waals surface area contributed by atoms with Gasteiger partial charge in [0.05, 0.1) is 11.5 Å². The summed E-state index contributed by atoms with van der Waals surface area (Å²) in [7, 11) is -1.37. The molecule has 1 atom stereocenters. The summed E-state index contributed by atoms with van der Waals surface area (Å²) in [6.45, 7) is 0. The maximum Gasteiger partial charge on any atom is 0.547 e. The number of primary amides is 1. The third kappa shape index (κ3) is 3.56. The minimum absolute atomic E-state index is 0.0462. The molecular weight excluding hydrogens is 291 g/mol. The lowest BCUT2D eigenvalue weighted by molar-refractivity contribution is -0.125. The van der Waals surface area contributed by atoms with Gasteiger partial charge in [-0.25, -0.2) is 4.79 Å². The van der Waals surface area contributed by atoms with Crippen LogP contribution in [0.3, 0.4) is 0 Å². The first kappa shape index (κ1) is 15.8. The maximum atomic E-state index is 11.7. The number of para-hydroxylation sites is 1. The Morgan fingerprint density at radius 2 is 2.09 bits per heavy atom. The van der Waals surface area contributed by atoms with E-state index >= 15 is 0 Å². The Morgan fingerprint density at radius 3 is 2.73 bits per heavy atom. The van der Waals surface area contributed by atoms with Crippen LogP contribution >= 0.6 is 0 Å². The molecule has 5 N–H and O–H groups in total. The van der Waals surface area contributed by atoms with Crippen LogP contribution in [0.2, 0.25) is 0 Å². The highest BCUT2D eigenvalue weighted by molar-refractivity contribution is 6.47. The van der Waals surface area contributed by atoms with E-state index in [1.54, 1.807) is 12.1 Å². The summed E-state index contributed by atoms with van der Waals surface area (Å²) in [6.07, 6.45) is 0.0514. The quantitative estimate of drug-likeness (QED) is 0.519. The molecule has 0 radical (unpaired) electrons. The van der Waals surface area contributed by atoms with E-state index in [1.165, 1.54) is 6.07 Å². The van der Waals surface area contributed by atoms with E-state index in [4.69, 9.17) is 15.5 Å². The molecule has 2 rings (SSSR count). The molecule has 1 heterocycles. The van der Waals surface area contributed by atoms with Crippen molar-refractivity contribution in [1.29, 1.82) is 0 Å². The van der Waals surface area contributed by atoms with Gasteiger partial charge in [0, 0.05) is 12.8 Å². The fourth-order valence-corrected chi connectivity index (χ4v) is 2.23. The Balaban J connectivity index is 2.09. The number of amides is 2. The van der Waals surface area contributed by atoms with Gasteiger partial charge in [0.2, 0.25) is 11.8 Å². The maximum absolute atomic E-state index is 11.7. The molecule has 1 aromatic rings. The lowest BCUT2D eigenvalue weighted by atomic mass is 9.72. The van der Waals surface area contributed by atoms with Crippen LogP contribution in [0.5, 0.6) is 5.75 Å². The van der Waals surface area contributed by atoms with E-state index < -0.39 is 30.8 Å². The first-order valence-corrected chi connectivity index (χ1v) is 6.66. The molecule has 0 aliphatic carbocycles. The Hall–Kier alpha value is -2.55. The van der Waals surface area contributed by atoms with Crippen molar-refractivity contribution in [3.8, 4) is 5.75 Å². The standard InChI is InChI=1S/C13H15BN2O6/c15-10(17)4-5-11(18)16-9-6-7-2-1-3-8(13(19)20)12(7)22-14(9)21/h1-3,9,21H,4-6H2,(H2,15,17)(H,16,18)(H,19,20)/t9-/m0/s1. The van der Waals surface area contributed by atoms with Crippen molar-refractivity contribution < 1.29 is 29.2 Å². The fourth-order valence-electron chi connectivity index (χ4n) is 2.23. The van der Waals surface area contributed by atoms with Gasteiger partial charge in [-0.05, 0) is 18.1 Å². The first-order chi connectivity index (χ1) is 10.4. The predicted molar refractivity (Wildman–Crippen MR) is 76.1 cm³/mol. The molecule has 0 saturated carbocycles. The number of carboxylic acids is 1. The molecule has 0 spiro atoms. The zero-order valence-corrected chi connectivity index (χ0v) is 11.6. The van der Waals surface area contributed by atoms with Gasteiger partial charge in [0.25, 0.3) is 0 Å². The topological polar surface area (TPSA) is 139 Å². The molecular formula is C13H15BN2O6. The van der Waals surface area contributed by atoms with E-state index in [0.717, 1.165) is 0 Å². The molecule has 2 amide bonds. The summed E-state index contributed by atoms with van der Waals surface area (Å²) >= 11 is 0. The minimum atomic E-state index is -1.37. The number of rotatable bonds is 5. The van der Waals surface area contributed by atoms with E-state index in [0.29, 0.717) is 5.56 Å². The van der Waals surface area contributed by atoms with Gasteiger partial charge in [0.1, 0.15) is 5.75 Å². The van der Waals surface area contributed by atoms with Crippen LogP contribution in [0.4, 0.5) is 0 Å². The van der Waals surface area contributed by atoms with Gasteiger partial charge in [-0.3, -0.25) is 9.59 Å². The first-order valence-electron chi connectivity index (χ1n) is 6.66. The third-order valence-electron chi connectivity index (χ3n) is 3.29. The molecule has 0 fully saturated rings. The van der Waals surface area contributed by atoms with E-state index in [-0.39, 0.29) is 30.6 Å². The number of carboxylic acid groups (broad SMARTS) is 1. The van der Waals surface area contributed by atoms with Crippen LogP contribution in [-0.2, 0) is 16.0 Å². The number of carbonyl (C=O) groups excluding carboxylic acids is 2. The highest BCUT2D eigenvalue weighted by atomic mass is 16.5. The summed E-state index contributed by atoms with van der Waals surface area (Å²) in [5.41, 5.74) is 5.49. The SMILES string of the molecule is NC(=O)CCC(=O)N[C@H]1Cc2cccc(C(=O)O)c2OB1O. The second-order valence-electron chi connectivity index (χ2n) is 4.95. The van der Waals surface area contributed by atoms with Gasteiger partial charge < -0.3 is 25.8 Å². The third-order valence-corrected chi connectivity index (χ3v) is 3.29. The van der Waals surface area contributed by atoms with Gasteiger partial charge in [-0.2, -0.15) is 0 Å². The highest BCUT2D eigenvalue weighted by Gasteiger charge is 2.37. The van der Waals surface area contributed by atoms with Crippen LogP contribution < -0.4 is 15.7 Å². The van der Waals surface area contributed by atoms with Crippen molar-refractivity contribution >= 4 is 24.9 Å². The Labute approximate surface area is 126 Å². The zero-order chi connectivity index (χ0) is 16.3. The monoisotopic (exact) mass is 306 g/mol. The second-order valence-corrected chi connectivity index (χ2v) is 4.95. The predicted octanol–water partition coefficient (Wildman–Crippen LogP) is -0.910. The number of hydrogen-bond donors (Lipinski definition) is 4. The average Bonchev–Trinajstić information content (AvgIpc) is 2.45. The average molecular weight is 306 g/mol. The summed E-state index contributed by atoms with van der Waals surface area (Å²) in [4.78, 5) is 33.4. The number of nitrogens with one attached hydrogen (secondary N) is 1. The normalized spacial score (nSPS) is 16.4. The van der Waals surface area contributed by atoms with E-state index in [1.807, 2.05) is 0 Å².